The SMILES string of the molecule is CC[C@H](C)[C@H](NC(=O)[C@H](CC(=O)O)NC(=O)[C@@H](N)CCCCN)C(=O)N[C@@H](CC(N)=O)C(=O)N[C@@H](CC(N)=O)C(=O)N[C@@H](CC(N)=O)C(=O)N[C@H](C(=O)N[C@H](C=O)CCC(=O)O)C(C)C. The zero-order valence-electron chi connectivity index (χ0n) is 36.7. The fourth-order valence-corrected chi connectivity index (χ4v) is 5.81. The number of aliphatic carboxylic acids is 2. The van der Waals surface area contributed by atoms with E-state index in [1.165, 1.54) is 20.8 Å². The quantitative estimate of drug-likeness (QED) is 0.0215. The van der Waals surface area contributed by atoms with Gasteiger partial charge in [0.25, 0.3) is 0 Å². The van der Waals surface area contributed by atoms with Crippen molar-refractivity contribution in [2.24, 2.45) is 40.5 Å². The first-order chi connectivity index (χ1) is 30.3. The van der Waals surface area contributed by atoms with E-state index in [9.17, 15) is 67.4 Å². The van der Waals surface area contributed by atoms with Gasteiger partial charge in [0.1, 0.15) is 42.5 Å². The number of unbranched alkanes of at least 4 members (excludes halogenated alkanes) is 1. The normalized spacial score (nSPS) is 15.1. The number of carbonyl (C=O) groups excluding carboxylic acids is 11. The van der Waals surface area contributed by atoms with Gasteiger partial charge in [-0.25, -0.2) is 0 Å². The van der Waals surface area contributed by atoms with Crippen LogP contribution in [0, 0.1) is 11.8 Å². The Hall–Kier alpha value is -6.77. The molecule has 65 heavy (non-hydrogen) atoms. The second-order valence-corrected chi connectivity index (χ2v) is 15.5. The molecule has 0 spiro atoms. The molecule has 0 aromatic rings. The van der Waals surface area contributed by atoms with Crippen LogP contribution < -0.4 is 65.9 Å². The summed E-state index contributed by atoms with van der Waals surface area (Å²) in [6.07, 6.45) is -2.83. The molecule has 0 aromatic carbocycles. The van der Waals surface area contributed by atoms with Gasteiger partial charge in [0.05, 0.1) is 37.8 Å². The second-order valence-electron chi connectivity index (χ2n) is 15.5. The van der Waals surface area contributed by atoms with Gasteiger partial charge in [-0.2, -0.15) is 0 Å². The zero-order valence-corrected chi connectivity index (χ0v) is 36.7. The Balaban J connectivity index is 6.48. The average Bonchev–Trinajstić information content (AvgIpc) is 3.20. The highest BCUT2D eigenvalue weighted by Crippen LogP contribution is 2.12. The summed E-state index contributed by atoms with van der Waals surface area (Å²) >= 11 is 0. The van der Waals surface area contributed by atoms with E-state index in [4.69, 9.17) is 33.8 Å². The molecule has 0 aliphatic heterocycles. The minimum absolute atomic E-state index is 0.167. The van der Waals surface area contributed by atoms with Crippen molar-refractivity contribution in [2.75, 3.05) is 6.54 Å². The Labute approximate surface area is 373 Å². The van der Waals surface area contributed by atoms with Gasteiger partial charge in [0, 0.05) is 6.42 Å². The van der Waals surface area contributed by atoms with Crippen molar-refractivity contribution < 1.29 is 72.5 Å². The van der Waals surface area contributed by atoms with Crippen LogP contribution >= 0.6 is 0 Å². The average molecular weight is 929 g/mol. The fourth-order valence-electron chi connectivity index (χ4n) is 5.81. The molecule has 9 atom stereocenters. The van der Waals surface area contributed by atoms with Crippen LogP contribution in [0.1, 0.15) is 91.9 Å². The first-order valence-electron chi connectivity index (χ1n) is 20.6. The number of nitrogens with one attached hydrogen (secondary N) is 7. The minimum Gasteiger partial charge on any atom is -0.481 e. The maximum absolute atomic E-state index is 13.7. The van der Waals surface area contributed by atoms with Gasteiger partial charge in [0.15, 0.2) is 0 Å². The number of primary amides is 3. The van der Waals surface area contributed by atoms with Crippen molar-refractivity contribution in [3.63, 3.8) is 0 Å². The molecule has 0 radical (unpaired) electrons. The summed E-state index contributed by atoms with van der Waals surface area (Å²) in [4.78, 5) is 164. The third-order valence-corrected chi connectivity index (χ3v) is 9.63. The summed E-state index contributed by atoms with van der Waals surface area (Å²) in [6.45, 7) is 6.42. The zero-order chi connectivity index (χ0) is 50.1. The lowest BCUT2D eigenvalue weighted by Gasteiger charge is -2.29. The maximum Gasteiger partial charge on any atom is 0.305 e. The molecule has 0 aliphatic rings. The Kier molecular flexibility index (Phi) is 26.5. The molecule has 10 amide bonds. The van der Waals surface area contributed by atoms with Gasteiger partial charge < -0.3 is 80.9 Å². The lowest BCUT2D eigenvalue weighted by Crippen LogP contribution is -2.62. The van der Waals surface area contributed by atoms with Crippen molar-refractivity contribution in [1.82, 2.24) is 37.2 Å². The van der Waals surface area contributed by atoms with E-state index in [2.05, 4.69) is 37.2 Å². The smallest absolute Gasteiger partial charge is 0.305 e. The Morgan fingerprint density at radius 1 is 0.523 bits per heavy atom. The maximum atomic E-state index is 13.7. The number of carbonyl (C=O) groups is 13. The molecule has 0 fully saturated rings. The number of aldehydes is 1. The Bertz CT molecular complexity index is 1750. The number of amides is 10. The molecule has 19 N–H and O–H groups in total. The number of nitrogens with two attached hydrogens (primary N) is 5. The minimum atomic E-state index is -1.98. The van der Waals surface area contributed by atoms with Crippen molar-refractivity contribution in [3.05, 3.63) is 0 Å². The largest absolute Gasteiger partial charge is 0.481 e. The molecule has 0 bridgehead atoms. The van der Waals surface area contributed by atoms with Gasteiger partial charge in [-0.3, -0.25) is 57.5 Å². The molecule has 0 saturated carbocycles. The van der Waals surface area contributed by atoms with Crippen molar-refractivity contribution >= 4 is 77.3 Å². The third kappa shape index (κ3) is 22.9. The first-order valence-corrected chi connectivity index (χ1v) is 20.6. The summed E-state index contributed by atoms with van der Waals surface area (Å²) < 4.78 is 0. The predicted octanol–water partition coefficient (Wildman–Crippen LogP) is -6.30. The standard InChI is InChI=1S/C38H64N12O15/c1-5-18(4)31(50-36(63)24(15-29(57)58)45-32(59)20(40)8-6-7-11-39)38(65)48-22(13-26(42)53)34(61)46-21(12-25(41)52)33(60)47-23(14-27(43)54)35(62)49-30(17(2)3)37(64)44-19(16-51)9-10-28(55)56/h16-24,30-31H,5-15,39-40H2,1-4H3,(H2,41,52)(H2,42,53)(H2,43,54)(H,44,64)(H,45,59)(H,46,61)(H,47,60)(H,48,65)(H,49,62)(H,50,63)(H,55,56)(H,57,58)/t18-,19-,20-,21-,22-,23-,24-,30-,31-/m0/s1. The van der Waals surface area contributed by atoms with Gasteiger partial charge in [-0.05, 0) is 37.6 Å². The predicted molar refractivity (Wildman–Crippen MR) is 225 cm³/mol. The second kappa shape index (κ2) is 29.6. The summed E-state index contributed by atoms with van der Waals surface area (Å²) in [6, 6.07) is -12.9. The number of hydrogen-bond acceptors (Lipinski definition) is 15. The highest BCUT2D eigenvalue weighted by molar-refractivity contribution is 6.00. The molecule has 27 heteroatoms. The van der Waals surface area contributed by atoms with E-state index in [1.807, 2.05) is 0 Å². The molecule has 0 unspecified atom stereocenters. The van der Waals surface area contributed by atoms with Crippen molar-refractivity contribution in [2.45, 2.75) is 140 Å². The summed E-state index contributed by atoms with van der Waals surface area (Å²) in [5, 5.41) is 34.1. The van der Waals surface area contributed by atoms with E-state index in [1.54, 1.807) is 6.92 Å². The highest BCUT2D eigenvalue weighted by Gasteiger charge is 2.37. The Morgan fingerprint density at radius 2 is 0.923 bits per heavy atom. The third-order valence-electron chi connectivity index (χ3n) is 9.63. The molecular weight excluding hydrogens is 864 g/mol. The van der Waals surface area contributed by atoms with Gasteiger partial charge in [-0.1, -0.05) is 40.5 Å². The van der Waals surface area contributed by atoms with Crippen LogP contribution in [0.5, 0.6) is 0 Å². The molecule has 0 aliphatic carbocycles. The van der Waals surface area contributed by atoms with Crippen LogP contribution in [0.2, 0.25) is 0 Å². The Morgan fingerprint density at radius 3 is 1.31 bits per heavy atom. The van der Waals surface area contributed by atoms with E-state index < -0.39 is 163 Å². The molecule has 0 heterocycles. The van der Waals surface area contributed by atoms with Crippen molar-refractivity contribution in [1.29, 1.82) is 0 Å². The molecule has 0 saturated heterocycles. The van der Waals surface area contributed by atoms with Gasteiger partial charge in [-0.15, -0.1) is 0 Å². The summed E-state index contributed by atoms with van der Waals surface area (Å²) in [7, 11) is 0. The van der Waals surface area contributed by atoms with E-state index in [0.717, 1.165) is 0 Å². The molecule has 0 aromatic heterocycles. The number of hydrogen-bond donors (Lipinski definition) is 14. The van der Waals surface area contributed by atoms with Crippen LogP contribution in [-0.2, 0) is 62.3 Å². The highest BCUT2D eigenvalue weighted by atomic mass is 16.4. The van der Waals surface area contributed by atoms with Crippen LogP contribution in [0.4, 0.5) is 0 Å². The summed E-state index contributed by atoms with van der Waals surface area (Å²) in [5.41, 5.74) is 27.3. The van der Waals surface area contributed by atoms with Crippen molar-refractivity contribution in [3.8, 4) is 0 Å². The summed E-state index contributed by atoms with van der Waals surface area (Å²) in [5.74, 6) is -15.6. The molecule has 27 nitrogen and oxygen atoms in total. The monoisotopic (exact) mass is 928 g/mol. The molecule has 366 valence electrons. The number of carboxylic acids is 2. The lowest BCUT2D eigenvalue weighted by molar-refractivity contribution is -0.141. The fraction of sp³-hybridized carbons (Fsp3) is 0.658. The van der Waals surface area contributed by atoms with Crippen LogP contribution in [-0.4, -0.2) is 142 Å². The van der Waals surface area contributed by atoms with E-state index in [-0.39, 0.29) is 19.3 Å². The lowest BCUT2D eigenvalue weighted by atomic mass is 9.97. The van der Waals surface area contributed by atoms with E-state index >= 15 is 0 Å². The van der Waals surface area contributed by atoms with Crippen LogP contribution in [0.3, 0.4) is 0 Å². The van der Waals surface area contributed by atoms with Gasteiger partial charge in [0.2, 0.25) is 59.1 Å². The topological polar surface area (TPSA) is 477 Å². The van der Waals surface area contributed by atoms with E-state index in [0.29, 0.717) is 25.7 Å². The van der Waals surface area contributed by atoms with Crippen LogP contribution in [0.15, 0.2) is 0 Å². The number of rotatable bonds is 33. The first kappa shape index (κ1) is 58.2. The molecular formula is C38H64N12O15. The molecule has 0 rings (SSSR count). The van der Waals surface area contributed by atoms with Gasteiger partial charge >= 0.3 is 11.9 Å². The number of carboxylic acid groups (broad SMARTS) is 2. The van der Waals surface area contributed by atoms with Crippen LogP contribution in [0.25, 0.3) is 0 Å².